The first-order chi connectivity index (χ1) is 10.1. The van der Waals surface area contributed by atoms with Crippen LogP contribution in [0.3, 0.4) is 0 Å². The number of hydrogen-bond acceptors (Lipinski definition) is 3. The van der Waals surface area contributed by atoms with Crippen molar-refractivity contribution in [3.63, 3.8) is 0 Å². The Hall–Kier alpha value is -1.94. The van der Waals surface area contributed by atoms with E-state index in [0.29, 0.717) is 18.0 Å². The Balaban J connectivity index is 2.24. The molecule has 112 valence electrons. The van der Waals surface area contributed by atoms with Gasteiger partial charge < -0.3 is 10.1 Å². The molecule has 0 spiro atoms. The van der Waals surface area contributed by atoms with Gasteiger partial charge >= 0.3 is 0 Å². The third kappa shape index (κ3) is 4.26. The summed E-state index contributed by atoms with van der Waals surface area (Å²) < 4.78 is 19.5. The molecule has 0 saturated heterocycles. The molecule has 21 heavy (non-hydrogen) atoms. The lowest BCUT2D eigenvalue weighted by Gasteiger charge is -2.11. The molecule has 4 heteroatoms. The quantitative estimate of drug-likeness (QED) is 0.872. The Kier molecular flexibility index (Phi) is 5.28. The first-order valence-electron chi connectivity index (χ1n) is 7.27. The Morgan fingerprint density at radius 2 is 2.00 bits per heavy atom. The fourth-order valence-corrected chi connectivity index (χ4v) is 2.12. The lowest BCUT2D eigenvalue weighted by atomic mass is 10.2. The van der Waals surface area contributed by atoms with E-state index in [0.717, 1.165) is 29.9 Å². The Morgan fingerprint density at radius 1 is 1.19 bits per heavy atom. The number of aromatic nitrogens is 1. The number of ether oxygens (including phenoxy) is 1. The maximum Gasteiger partial charge on any atom is 0.148 e. The molecule has 0 amide bonds. The Labute approximate surface area is 125 Å². The zero-order valence-corrected chi connectivity index (χ0v) is 12.7. The molecule has 1 N–H and O–H groups in total. The second-order valence-corrected chi connectivity index (χ2v) is 4.93. The summed E-state index contributed by atoms with van der Waals surface area (Å²) >= 11 is 0. The minimum Gasteiger partial charge on any atom is -0.455 e. The van der Waals surface area contributed by atoms with E-state index < -0.39 is 0 Å². The molecule has 0 aliphatic carbocycles. The Bertz CT molecular complexity index is 614. The van der Waals surface area contributed by atoms with Crippen molar-refractivity contribution in [2.45, 2.75) is 33.7 Å². The van der Waals surface area contributed by atoms with E-state index in [4.69, 9.17) is 4.74 Å². The van der Waals surface area contributed by atoms with Gasteiger partial charge in [-0.25, -0.2) is 4.39 Å². The van der Waals surface area contributed by atoms with Crippen molar-refractivity contribution in [1.82, 2.24) is 10.3 Å². The second-order valence-electron chi connectivity index (χ2n) is 4.93. The lowest BCUT2D eigenvalue weighted by molar-refractivity contribution is 0.466. The van der Waals surface area contributed by atoms with Gasteiger partial charge in [-0.1, -0.05) is 13.8 Å². The maximum atomic E-state index is 13.7. The topological polar surface area (TPSA) is 34.1 Å². The van der Waals surface area contributed by atoms with E-state index in [2.05, 4.69) is 10.3 Å². The fraction of sp³-hybridized carbons (Fsp3) is 0.353. The molecular formula is C17H21FN2O. The van der Waals surface area contributed by atoms with Gasteiger partial charge in [-0.15, -0.1) is 0 Å². The van der Waals surface area contributed by atoms with Crippen LogP contribution in [0.4, 0.5) is 4.39 Å². The molecule has 2 rings (SSSR count). The summed E-state index contributed by atoms with van der Waals surface area (Å²) in [5.41, 5.74) is 2.70. The summed E-state index contributed by atoms with van der Waals surface area (Å²) in [4.78, 5) is 4.45. The average molecular weight is 288 g/mol. The van der Waals surface area contributed by atoms with Gasteiger partial charge in [0, 0.05) is 18.3 Å². The van der Waals surface area contributed by atoms with Crippen LogP contribution in [0, 0.1) is 12.7 Å². The minimum atomic E-state index is -0.293. The van der Waals surface area contributed by atoms with E-state index in [1.165, 1.54) is 12.1 Å². The highest BCUT2D eigenvalue weighted by Crippen LogP contribution is 2.26. The number of nitrogens with zero attached hydrogens (tertiary/aromatic N) is 1. The van der Waals surface area contributed by atoms with Gasteiger partial charge in [0.05, 0.1) is 5.69 Å². The van der Waals surface area contributed by atoms with E-state index in [1.807, 2.05) is 39.0 Å². The summed E-state index contributed by atoms with van der Waals surface area (Å²) in [5.74, 6) is 0.893. The molecule has 0 atom stereocenters. The Morgan fingerprint density at radius 3 is 2.71 bits per heavy atom. The summed E-state index contributed by atoms with van der Waals surface area (Å²) in [7, 11) is 0. The molecule has 0 aliphatic rings. The summed E-state index contributed by atoms with van der Waals surface area (Å²) in [6, 6.07) is 8.55. The molecule has 1 aromatic heterocycles. The summed E-state index contributed by atoms with van der Waals surface area (Å²) in [6.45, 7) is 7.45. The summed E-state index contributed by atoms with van der Waals surface area (Å²) in [5, 5.41) is 3.18. The molecule has 0 aliphatic heterocycles. The maximum absolute atomic E-state index is 13.7. The SMILES string of the molecule is CCNCc1cc(F)cc(Oc2ccc(C)nc2CC)c1. The van der Waals surface area contributed by atoms with E-state index >= 15 is 0 Å². The standard InChI is InChI=1S/C17H21FN2O/c1-4-16-17(7-6-12(3)20-16)21-15-9-13(11-19-5-2)8-14(18)10-15/h6-10,19H,4-5,11H2,1-3H3. The fourth-order valence-electron chi connectivity index (χ4n) is 2.12. The number of pyridine rings is 1. The van der Waals surface area contributed by atoms with Crippen LogP contribution in [0.5, 0.6) is 11.5 Å². The molecule has 2 aromatic rings. The number of halogens is 1. The highest BCUT2D eigenvalue weighted by Gasteiger charge is 2.08. The third-order valence-corrected chi connectivity index (χ3v) is 3.14. The van der Waals surface area contributed by atoms with Crippen LogP contribution in [0.1, 0.15) is 30.8 Å². The van der Waals surface area contributed by atoms with Crippen LogP contribution >= 0.6 is 0 Å². The van der Waals surface area contributed by atoms with Gasteiger partial charge in [0.2, 0.25) is 0 Å². The average Bonchev–Trinajstić information content (AvgIpc) is 2.46. The van der Waals surface area contributed by atoms with Gasteiger partial charge in [0.1, 0.15) is 17.3 Å². The van der Waals surface area contributed by atoms with Crippen LogP contribution in [-0.2, 0) is 13.0 Å². The predicted octanol–water partition coefficient (Wildman–Crippen LogP) is 3.99. The number of rotatable bonds is 6. The highest BCUT2D eigenvalue weighted by molar-refractivity contribution is 5.37. The van der Waals surface area contributed by atoms with Crippen LogP contribution in [-0.4, -0.2) is 11.5 Å². The van der Waals surface area contributed by atoms with Crippen molar-refractivity contribution in [1.29, 1.82) is 0 Å². The highest BCUT2D eigenvalue weighted by atomic mass is 19.1. The number of aryl methyl sites for hydroxylation is 2. The van der Waals surface area contributed by atoms with Crippen molar-refractivity contribution in [2.75, 3.05) is 6.54 Å². The molecule has 0 radical (unpaired) electrons. The van der Waals surface area contributed by atoms with Gasteiger partial charge in [0.25, 0.3) is 0 Å². The van der Waals surface area contributed by atoms with Gasteiger partial charge in [-0.05, 0) is 49.7 Å². The molecule has 0 bridgehead atoms. The van der Waals surface area contributed by atoms with Crippen LogP contribution in [0.25, 0.3) is 0 Å². The molecule has 0 saturated carbocycles. The van der Waals surface area contributed by atoms with Crippen molar-refractivity contribution >= 4 is 0 Å². The van der Waals surface area contributed by atoms with Gasteiger partial charge in [0.15, 0.2) is 0 Å². The van der Waals surface area contributed by atoms with Gasteiger partial charge in [-0.3, -0.25) is 4.98 Å². The smallest absolute Gasteiger partial charge is 0.148 e. The van der Waals surface area contributed by atoms with Crippen molar-refractivity contribution < 1.29 is 9.13 Å². The summed E-state index contributed by atoms with van der Waals surface area (Å²) in [6.07, 6.45) is 0.774. The number of hydrogen-bond donors (Lipinski definition) is 1. The molecule has 1 heterocycles. The van der Waals surface area contributed by atoms with Crippen molar-refractivity contribution in [3.8, 4) is 11.5 Å². The van der Waals surface area contributed by atoms with Gasteiger partial charge in [-0.2, -0.15) is 0 Å². The molecule has 0 unspecified atom stereocenters. The minimum absolute atomic E-state index is 0.293. The first-order valence-corrected chi connectivity index (χ1v) is 7.27. The lowest BCUT2D eigenvalue weighted by Crippen LogP contribution is -2.11. The van der Waals surface area contributed by atoms with Crippen molar-refractivity contribution in [3.05, 3.63) is 53.1 Å². The monoisotopic (exact) mass is 288 g/mol. The third-order valence-electron chi connectivity index (χ3n) is 3.14. The zero-order chi connectivity index (χ0) is 15.2. The first kappa shape index (κ1) is 15.4. The zero-order valence-electron chi connectivity index (χ0n) is 12.7. The van der Waals surface area contributed by atoms with E-state index in [-0.39, 0.29) is 5.82 Å². The number of benzene rings is 1. The number of nitrogens with one attached hydrogen (secondary N) is 1. The molecule has 1 aromatic carbocycles. The predicted molar refractivity (Wildman–Crippen MR) is 82.2 cm³/mol. The van der Waals surface area contributed by atoms with Crippen LogP contribution in [0.15, 0.2) is 30.3 Å². The van der Waals surface area contributed by atoms with E-state index in [1.54, 1.807) is 0 Å². The van der Waals surface area contributed by atoms with Crippen LogP contribution in [0.2, 0.25) is 0 Å². The van der Waals surface area contributed by atoms with Crippen molar-refractivity contribution in [2.24, 2.45) is 0 Å². The second kappa shape index (κ2) is 7.18. The largest absolute Gasteiger partial charge is 0.455 e. The molecule has 3 nitrogen and oxygen atoms in total. The van der Waals surface area contributed by atoms with Crippen LogP contribution < -0.4 is 10.1 Å². The normalized spacial score (nSPS) is 10.7. The molecular weight excluding hydrogens is 267 g/mol. The molecule has 0 fully saturated rings. The van der Waals surface area contributed by atoms with E-state index in [9.17, 15) is 4.39 Å².